The highest BCUT2D eigenvalue weighted by molar-refractivity contribution is 7.07. The summed E-state index contributed by atoms with van der Waals surface area (Å²) in [6, 6.07) is 30.7. The minimum atomic E-state index is -0.769. The fourth-order valence-electron chi connectivity index (χ4n) is 6.33. The van der Waals surface area contributed by atoms with Gasteiger partial charge in [-0.25, -0.2) is 9.79 Å². The smallest absolute Gasteiger partial charge is 0.338 e. The van der Waals surface area contributed by atoms with E-state index in [4.69, 9.17) is 14.5 Å². The number of aromatic amines is 1. The Labute approximate surface area is 275 Å². The van der Waals surface area contributed by atoms with Crippen molar-refractivity contribution in [3.05, 3.63) is 150 Å². The molecule has 1 N–H and O–H groups in total. The summed E-state index contributed by atoms with van der Waals surface area (Å²) in [5.41, 5.74) is 8.25. The molecule has 0 aliphatic carbocycles. The number of esters is 1. The van der Waals surface area contributed by atoms with E-state index in [0.29, 0.717) is 26.4 Å². The number of methoxy groups -OCH3 is 1. The van der Waals surface area contributed by atoms with Gasteiger partial charge in [0, 0.05) is 22.0 Å². The van der Waals surface area contributed by atoms with E-state index in [1.54, 1.807) is 18.6 Å². The molecule has 0 bridgehead atoms. The van der Waals surface area contributed by atoms with E-state index in [0.717, 1.165) is 50.0 Å². The molecule has 2 aromatic heterocycles. The van der Waals surface area contributed by atoms with Crippen LogP contribution in [0, 0.1) is 13.8 Å². The van der Waals surface area contributed by atoms with Gasteiger partial charge in [0.15, 0.2) is 4.80 Å². The number of aryl methyl sites for hydroxylation is 2. The number of aromatic nitrogens is 2. The topological polar surface area (TPSA) is 85.7 Å². The minimum absolute atomic E-state index is 0.186. The number of carbonyl (C=O) groups excluding carboxylic acids is 1. The molecule has 1 aliphatic rings. The average molecular weight is 640 g/mol. The largest absolute Gasteiger partial charge is 0.497 e. The third kappa shape index (κ3) is 5.40. The normalized spacial score (nSPS) is 14.6. The van der Waals surface area contributed by atoms with Crippen molar-refractivity contribution in [2.75, 3.05) is 13.7 Å². The zero-order valence-electron chi connectivity index (χ0n) is 26.5. The second-order valence-corrected chi connectivity index (χ2v) is 12.5. The molecule has 47 heavy (non-hydrogen) atoms. The molecule has 0 radical (unpaired) electrons. The second-order valence-electron chi connectivity index (χ2n) is 11.5. The van der Waals surface area contributed by atoms with Crippen molar-refractivity contribution in [3.8, 4) is 17.0 Å². The van der Waals surface area contributed by atoms with E-state index < -0.39 is 12.0 Å². The molecule has 7 nitrogen and oxygen atoms in total. The van der Waals surface area contributed by atoms with Crippen molar-refractivity contribution in [2.24, 2.45) is 4.99 Å². The van der Waals surface area contributed by atoms with Gasteiger partial charge in [-0.15, -0.1) is 0 Å². The van der Waals surface area contributed by atoms with Gasteiger partial charge in [0.05, 0.1) is 41.3 Å². The van der Waals surface area contributed by atoms with Gasteiger partial charge in [0.1, 0.15) is 5.75 Å². The van der Waals surface area contributed by atoms with Crippen molar-refractivity contribution < 1.29 is 14.3 Å². The molecule has 234 valence electrons. The van der Waals surface area contributed by atoms with Crippen molar-refractivity contribution in [1.82, 2.24) is 9.55 Å². The van der Waals surface area contributed by atoms with Gasteiger partial charge in [-0.2, -0.15) is 0 Å². The number of hydrogen-bond acceptors (Lipinski definition) is 6. The lowest BCUT2D eigenvalue weighted by Crippen LogP contribution is -2.40. The number of ether oxygens (including phenoxy) is 2. The van der Waals surface area contributed by atoms with Crippen LogP contribution in [0.2, 0.25) is 0 Å². The molecule has 1 atom stereocenters. The Morgan fingerprint density at radius 1 is 0.957 bits per heavy atom. The molecule has 8 heteroatoms. The number of nitrogens with one attached hydrogen (secondary N) is 1. The highest BCUT2D eigenvalue weighted by atomic mass is 32.1. The van der Waals surface area contributed by atoms with E-state index in [1.165, 1.54) is 11.3 Å². The Hall–Kier alpha value is -5.47. The number of hydrogen-bond donors (Lipinski definition) is 1. The summed E-state index contributed by atoms with van der Waals surface area (Å²) < 4.78 is 13.2. The molecular weight excluding hydrogens is 607 g/mol. The molecule has 0 amide bonds. The fraction of sp³-hybridized carbons (Fsp3) is 0.154. The van der Waals surface area contributed by atoms with Crippen LogP contribution in [0.3, 0.4) is 0 Å². The number of carbonyl (C=O) groups is 1. The molecule has 4 aromatic carbocycles. The summed E-state index contributed by atoms with van der Waals surface area (Å²) in [5.74, 6) is 0.156. The minimum Gasteiger partial charge on any atom is -0.497 e. The summed E-state index contributed by atoms with van der Waals surface area (Å²) in [5, 5.41) is 1.04. The average Bonchev–Trinajstić information content (AvgIpc) is 3.61. The Morgan fingerprint density at radius 3 is 2.30 bits per heavy atom. The lowest BCUT2D eigenvalue weighted by molar-refractivity contribution is -0.138. The molecule has 0 saturated heterocycles. The molecule has 3 heterocycles. The third-order valence-electron chi connectivity index (χ3n) is 8.43. The summed E-state index contributed by atoms with van der Waals surface area (Å²) in [7, 11) is 1.60. The number of rotatable bonds is 7. The first-order valence-corrected chi connectivity index (χ1v) is 16.3. The molecule has 7 rings (SSSR count). The fourth-order valence-corrected chi connectivity index (χ4v) is 7.31. The number of benzene rings is 4. The van der Waals surface area contributed by atoms with E-state index in [9.17, 15) is 9.59 Å². The van der Waals surface area contributed by atoms with E-state index >= 15 is 0 Å². The van der Waals surface area contributed by atoms with Crippen LogP contribution in [0.1, 0.15) is 40.8 Å². The first-order chi connectivity index (χ1) is 22.9. The van der Waals surface area contributed by atoms with Crippen LogP contribution in [0.4, 0.5) is 0 Å². The first-order valence-electron chi connectivity index (χ1n) is 15.5. The third-order valence-corrected chi connectivity index (χ3v) is 9.42. The van der Waals surface area contributed by atoms with Gasteiger partial charge in [-0.05, 0) is 61.7 Å². The maximum atomic E-state index is 14.6. The van der Waals surface area contributed by atoms with Crippen LogP contribution in [-0.4, -0.2) is 29.2 Å². The second kappa shape index (κ2) is 12.4. The lowest BCUT2D eigenvalue weighted by atomic mass is 9.93. The highest BCUT2D eigenvalue weighted by Gasteiger charge is 2.35. The number of nitrogens with zero attached hydrogens (tertiary/aromatic N) is 2. The van der Waals surface area contributed by atoms with Crippen LogP contribution in [0.25, 0.3) is 33.9 Å². The van der Waals surface area contributed by atoms with E-state index in [1.807, 2.05) is 78.9 Å². The maximum absolute atomic E-state index is 14.6. The van der Waals surface area contributed by atoms with Crippen molar-refractivity contribution in [3.63, 3.8) is 0 Å². The van der Waals surface area contributed by atoms with Crippen LogP contribution in [-0.2, 0) is 9.53 Å². The van der Waals surface area contributed by atoms with Gasteiger partial charge in [0.2, 0.25) is 0 Å². The molecule has 0 spiro atoms. The van der Waals surface area contributed by atoms with Gasteiger partial charge in [-0.3, -0.25) is 9.36 Å². The van der Waals surface area contributed by atoms with E-state index in [2.05, 4.69) is 43.1 Å². The van der Waals surface area contributed by atoms with Gasteiger partial charge in [-0.1, -0.05) is 95.8 Å². The Bertz CT molecular complexity index is 2350. The predicted octanol–water partition coefficient (Wildman–Crippen LogP) is 6.71. The Kier molecular flexibility index (Phi) is 7.95. The molecule has 0 unspecified atom stereocenters. The Balaban J connectivity index is 1.54. The zero-order valence-corrected chi connectivity index (χ0v) is 27.4. The summed E-state index contributed by atoms with van der Waals surface area (Å²) in [6.45, 7) is 6.13. The SMILES string of the molecule is CCOC(=O)C1=C(c2ccccc2)N=c2s/c(=C/c3c(-c4ccccc4)[nH]c4c(C)cc(C)cc34)c(=O)n2[C@@H]1c1ccc(OC)cc1. The molecule has 0 saturated carbocycles. The lowest BCUT2D eigenvalue weighted by Gasteiger charge is -2.26. The van der Waals surface area contributed by atoms with Crippen LogP contribution in [0.15, 0.2) is 112 Å². The zero-order chi connectivity index (χ0) is 32.7. The maximum Gasteiger partial charge on any atom is 0.338 e. The number of H-pyrrole nitrogens is 1. The summed E-state index contributed by atoms with van der Waals surface area (Å²) >= 11 is 1.32. The van der Waals surface area contributed by atoms with Crippen LogP contribution >= 0.6 is 11.3 Å². The highest BCUT2D eigenvalue weighted by Crippen LogP contribution is 2.36. The Morgan fingerprint density at radius 2 is 1.64 bits per heavy atom. The van der Waals surface area contributed by atoms with Crippen molar-refractivity contribution in [1.29, 1.82) is 0 Å². The number of fused-ring (bicyclic) bond motifs is 2. The molecule has 0 fully saturated rings. The summed E-state index contributed by atoms with van der Waals surface area (Å²) in [4.78, 5) is 37.6. The van der Waals surface area contributed by atoms with Gasteiger partial charge >= 0.3 is 5.97 Å². The quantitative estimate of drug-likeness (QED) is 0.197. The van der Waals surface area contributed by atoms with Gasteiger partial charge < -0.3 is 14.5 Å². The van der Waals surface area contributed by atoms with E-state index in [-0.39, 0.29) is 12.2 Å². The first kappa shape index (κ1) is 30.2. The number of thiazole rings is 1. The molecular formula is C39H33N3O4S. The van der Waals surface area contributed by atoms with Gasteiger partial charge in [0.25, 0.3) is 5.56 Å². The standard InChI is InChI=1S/C39H33N3O4S/c1-5-46-38(44)32-35(26-14-10-7-11-15-26)41-39-42(36(32)27-16-18-28(45-4)19-17-27)37(43)31(47-39)22-30-29-21-23(2)20-24(3)33(29)40-34(30)25-12-8-6-9-13-25/h6-22,36,40H,5H2,1-4H3/b31-22+/t36-/m1/s1. The monoisotopic (exact) mass is 639 g/mol. The van der Waals surface area contributed by atoms with Crippen LogP contribution in [0.5, 0.6) is 5.75 Å². The predicted molar refractivity (Wildman–Crippen MR) is 187 cm³/mol. The van der Waals surface area contributed by atoms with Crippen LogP contribution < -0.4 is 19.6 Å². The summed E-state index contributed by atoms with van der Waals surface area (Å²) in [6.07, 6.45) is 1.96. The van der Waals surface area contributed by atoms with Crippen molar-refractivity contribution >= 4 is 40.0 Å². The molecule has 6 aromatic rings. The van der Waals surface area contributed by atoms with Crippen molar-refractivity contribution in [2.45, 2.75) is 26.8 Å². The molecule has 1 aliphatic heterocycles.